The number of carboxylic acids is 2. The lowest BCUT2D eigenvalue weighted by Gasteiger charge is -2.29. The molecule has 1 aromatic heterocycles. The maximum Gasteiger partial charge on any atom is 0.326 e. The van der Waals surface area contributed by atoms with Gasteiger partial charge in [-0.15, -0.1) is 0 Å². The lowest BCUT2D eigenvalue weighted by molar-refractivity contribution is -0.144. The molecule has 0 bridgehead atoms. The molecule has 1 aromatic rings. The van der Waals surface area contributed by atoms with Crippen LogP contribution in [0.1, 0.15) is 99.6 Å². The number of nitrogens with zero attached hydrogens (tertiary/aromatic N) is 1. The molecule has 0 saturated heterocycles. The zero-order valence-electron chi connectivity index (χ0n) is 41.5. The van der Waals surface area contributed by atoms with Gasteiger partial charge in [0.2, 0.25) is 47.3 Å². The van der Waals surface area contributed by atoms with Gasteiger partial charge in [0.15, 0.2) is 0 Å². The van der Waals surface area contributed by atoms with Gasteiger partial charge in [0.1, 0.15) is 54.4 Å². The van der Waals surface area contributed by atoms with Crippen molar-refractivity contribution in [1.29, 1.82) is 0 Å². The second-order valence-corrected chi connectivity index (χ2v) is 18.2. The summed E-state index contributed by atoms with van der Waals surface area (Å²) < 4.78 is 0. The lowest BCUT2D eigenvalue weighted by Crippen LogP contribution is -2.63. The van der Waals surface area contributed by atoms with Gasteiger partial charge in [-0.2, -0.15) is 0 Å². The summed E-state index contributed by atoms with van der Waals surface area (Å²) in [6, 6.07) is -13.9. The number of carbonyl (C=O) groups is 10. The number of aliphatic hydroxyl groups is 3. The van der Waals surface area contributed by atoms with Crippen LogP contribution in [0.25, 0.3) is 0 Å². The van der Waals surface area contributed by atoms with Crippen LogP contribution in [0.2, 0.25) is 0 Å². The number of nitrogens with one attached hydrogen (secondary N) is 9. The van der Waals surface area contributed by atoms with Gasteiger partial charge in [-0.1, -0.05) is 48.0 Å². The van der Waals surface area contributed by atoms with E-state index in [0.717, 1.165) is 0 Å². The molecule has 1 rings (SSSR count). The highest BCUT2D eigenvalue weighted by atomic mass is 16.4. The maximum atomic E-state index is 13.8. The zero-order valence-corrected chi connectivity index (χ0v) is 41.5. The summed E-state index contributed by atoms with van der Waals surface area (Å²) in [6.45, 7) is 11.3. The van der Waals surface area contributed by atoms with Crippen LogP contribution in [0.4, 0.5) is 0 Å². The number of aliphatic carboxylic acids is 2. The Morgan fingerprint density at radius 1 is 0.620 bits per heavy atom. The fourth-order valence-corrected chi connectivity index (χ4v) is 6.81. The molecule has 8 amide bonds. The first-order chi connectivity index (χ1) is 33.2. The van der Waals surface area contributed by atoms with Crippen molar-refractivity contribution in [3.05, 3.63) is 18.2 Å². The molecule has 402 valence electrons. The van der Waals surface area contributed by atoms with Gasteiger partial charge in [-0.25, -0.2) is 9.78 Å². The minimum absolute atomic E-state index is 0.0178. The van der Waals surface area contributed by atoms with E-state index < -0.39 is 151 Å². The summed E-state index contributed by atoms with van der Waals surface area (Å²) in [5.74, 6) is -12.6. The van der Waals surface area contributed by atoms with E-state index in [9.17, 15) is 73.5 Å². The Hall–Kier alpha value is -6.29. The first kappa shape index (κ1) is 62.7. The molecule has 27 heteroatoms. The van der Waals surface area contributed by atoms with Gasteiger partial charge in [0.25, 0.3) is 0 Å². The van der Waals surface area contributed by atoms with Crippen LogP contribution < -0.4 is 54.0 Å². The highest BCUT2D eigenvalue weighted by Gasteiger charge is 2.38. The molecule has 12 atom stereocenters. The summed E-state index contributed by atoms with van der Waals surface area (Å²) in [5.41, 5.74) is 11.8. The van der Waals surface area contributed by atoms with Gasteiger partial charge < -0.3 is 84.5 Å². The van der Waals surface area contributed by atoms with Crippen LogP contribution in [-0.4, -0.2) is 174 Å². The number of rotatable bonds is 33. The van der Waals surface area contributed by atoms with E-state index in [-0.39, 0.29) is 31.7 Å². The minimum atomic E-state index is -1.92. The van der Waals surface area contributed by atoms with Crippen LogP contribution >= 0.6 is 0 Å². The fourth-order valence-electron chi connectivity index (χ4n) is 6.81. The first-order valence-electron chi connectivity index (χ1n) is 23.5. The van der Waals surface area contributed by atoms with Crippen molar-refractivity contribution in [3.63, 3.8) is 0 Å². The number of aliphatic hydroxyl groups excluding tert-OH is 3. The molecule has 0 saturated carbocycles. The topological polar surface area (TPSA) is 449 Å². The third-order valence-electron chi connectivity index (χ3n) is 11.3. The fraction of sp³-hybridized carbons (Fsp3) is 0.705. The molecule has 0 aliphatic rings. The Morgan fingerprint density at radius 2 is 1.11 bits per heavy atom. The number of aromatic nitrogens is 2. The van der Waals surface area contributed by atoms with Crippen LogP contribution in [-0.2, 0) is 54.4 Å². The predicted molar refractivity (Wildman–Crippen MR) is 253 cm³/mol. The van der Waals surface area contributed by atoms with E-state index in [2.05, 4.69) is 52.5 Å². The van der Waals surface area contributed by atoms with Crippen LogP contribution in [0.15, 0.2) is 12.5 Å². The molecule has 0 aromatic carbocycles. The maximum absolute atomic E-state index is 13.8. The van der Waals surface area contributed by atoms with E-state index in [4.69, 9.17) is 11.5 Å². The van der Waals surface area contributed by atoms with Crippen molar-refractivity contribution < 1.29 is 73.5 Å². The van der Waals surface area contributed by atoms with Crippen LogP contribution in [0.5, 0.6) is 0 Å². The molecule has 71 heavy (non-hydrogen) atoms. The molecule has 0 radical (unpaired) electrons. The van der Waals surface area contributed by atoms with Crippen LogP contribution in [0.3, 0.4) is 0 Å². The van der Waals surface area contributed by atoms with Crippen LogP contribution in [0, 0.1) is 17.8 Å². The monoisotopic (exact) mass is 1010 g/mol. The quantitative estimate of drug-likeness (QED) is 0.0294. The van der Waals surface area contributed by atoms with E-state index in [1.165, 1.54) is 40.2 Å². The summed E-state index contributed by atoms with van der Waals surface area (Å²) in [6.07, 6.45) is -0.254. The van der Waals surface area contributed by atoms with E-state index >= 15 is 0 Å². The largest absolute Gasteiger partial charge is 0.481 e. The molecule has 0 spiro atoms. The number of H-pyrrole nitrogens is 1. The second-order valence-electron chi connectivity index (χ2n) is 18.2. The van der Waals surface area contributed by atoms with E-state index in [1.54, 1.807) is 27.7 Å². The van der Waals surface area contributed by atoms with E-state index in [0.29, 0.717) is 25.0 Å². The third kappa shape index (κ3) is 21.7. The van der Waals surface area contributed by atoms with Gasteiger partial charge in [-0.3, -0.25) is 43.2 Å². The van der Waals surface area contributed by atoms with Crippen molar-refractivity contribution >= 4 is 59.2 Å². The normalized spacial score (nSPS) is 16.4. The summed E-state index contributed by atoms with van der Waals surface area (Å²) in [5, 5.41) is 69.0. The second kappa shape index (κ2) is 31.1. The van der Waals surface area contributed by atoms with Gasteiger partial charge in [0, 0.05) is 18.3 Å². The number of amides is 8. The molecule has 1 heterocycles. The Bertz CT molecular complexity index is 1930. The zero-order chi connectivity index (χ0) is 54.3. The van der Waals surface area contributed by atoms with Crippen molar-refractivity contribution in [2.75, 3.05) is 13.2 Å². The average molecular weight is 1010 g/mol. The highest BCUT2D eigenvalue weighted by molar-refractivity contribution is 5.99. The molecular formula is C44H76N12O15. The Labute approximate surface area is 411 Å². The highest BCUT2D eigenvalue weighted by Crippen LogP contribution is 2.12. The standard InChI is InChI=1S/C44H76N12O15/c1-9-22(6)34(44(70)71)55-36(62)26(12-10-11-13-45)49-43(69)35(24(8)59)56-42(68)33(21(4)5)54-40(66)30(18-57)53-39(65)29(16-31(60)61)51-37(63)27(14-20(2)3)50-38(64)28(15-25-17-47-19-48-25)52-41(67)32(46)23(7)58/h17,19-24,26-30,32-35,57-59H,9-16,18,45-46H2,1-8H3,(H,47,48)(H,49,69)(H,50,64)(H,51,63)(H,52,67)(H,53,65)(H,54,66)(H,55,62)(H,56,68)(H,60,61)(H,70,71)/t22-,23+,24+,26-,27-,28-,29-,30-,32-,33-,34-,35-/m0/s1. The van der Waals surface area contributed by atoms with Gasteiger partial charge in [-0.05, 0) is 63.8 Å². The molecule has 27 nitrogen and oxygen atoms in total. The molecule has 18 N–H and O–H groups in total. The number of imidazole rings is 1. The van der Waals surface area contributed by atoms with Crippen molar-refractivity contribution in [1.82, 2.24) is 52.5 Å². The molecule has 0 fully saturated rings. The third-order valence-corrected chi connectivity index (χ3v) is 11.3. The number of carboxylic acid groups (broad SMARTS) is 2. The number of hydrogen-bond acceptors (Lipinski definition) is 16. The minimum Gasteiger partial charge on any atom is -0.481 e. The Kier molecular flexibility index (Phi) is 27.5. The van der Waals surface area contributed by atoms with Crippen molar-refractivity contribution in [2.45, 2.75) is 167 Å². The summed E-state index contributed by atoms with van der Waals surface area (Å²) >= 11 is 0. The number of aromatic amines is 1. The van der Waals surface area contributed by atoms with Crippen molar-refractivity contribution in [2.24, 2.45) is 29.2 Å². The Morgan fingerprint density at radius 3 is 1.61 bits per heavy atom. The SMILES string of the molecule is CC[C@H](C)[C@H](NC(=O)[C@H](CCCCN)NC(=O)[C@@H](NC(=O)[C@@H](NC(=O)[C@H](CO)NC(=O)[C@H](CC(=O)O)NC(=O)[C@H](CC(C)C)NC(=O)[C@H](Cc1cnc[nH]1)NC(=O)[C@@H](N)[C@@H](C)O)C(C)C)[C@@H](C)O)C(=O)O. The van der Waals surface area contributed by atoms with Gasteiger partial charge >= 0.3 is 11.9 Å². The smallest absolute Gasteiger partial charge is 0.326 e. The van der Waals surface area contributed by atoms with Gasteiger partial charge in [0.05, 0.1) is 31.6 Å². The summed E-state index contributed by atoms with van der Waals surface area (Å²) in [7, 11) is 0. The number of nitrogens with two attached hydrogens (primary N) is 2. The number of unbranched alkanes of at least 4 members (excludes halogenated alkanes) is 1. The molecule has 0 aliphatic heterocycles. The molecule has 0 unspecified atom stereocenters. The number of hydrogen-bond donors (Lipinski definition) is 16. The predicted octanol–water partition coefficient (Wildman–Crippen LogP) is -4.65. The first-order valence-corrected chi connectivity index (χ1v) is 23.5. The number of carbonyl (C=O) groups excluding carboxylic acids is 8. The lowest BCUT2D eigenvalue weighted by atomic mass is 9.98. The van der Waals surface area contributed by atoms with Crippen molar-refractivity contribution in [3.8, 4) is 0 Å². The molecule has 0 aliphatic carbocycles. The Balaban J connectivity index is 3.31. The average Bonchev–Trinajstić information content (AvgIpc) is 3.81. The summed E-state index contributed by atoms with van der Waals surface area (Å²) in [4.78, 5) is 139. The molecular weight excluding hydrogens is 937 g/mol. The van der Waals surface area contributed by atoms with E-state index in [1.807, 2.05) is 0 Å².